The van der Waals surface area contributed by atoms with E-state index in [9.17, 15) is 9.59 Å². The fourth-order valence-electron chi connectivity index (χ4n) is 3.24. The fourth-order valence-corrected chi connectivity index (χ4v) is 3.24. The first-order valence-electron chi connectivity index (χ1n) is 10.1. The molecular weight excluding hydrogens is 404 g/mol. The molecule has 0 unspecified atom stereocenters. The van der Waals surface area contributed by atoms with Gasteiger partial charge in [-0.1, -0.05) is 48.5 Å². The van der Waals surface area contributed by atoms with Gasteiger partial charge in [0.1, 0.15) is 11.4 Å². The van der Waals surface area contributed by atoms with Gasteiger partial charge in [0, 0.05) is 18.3 Å². The highest BCUT2D eigenvalue weighted by Gasteiger charge is 2.09. The summed E-state index contributed by atoms with van der Waals surface area (Å²) in [7, 11) is 0. The number of nitrogens with two attached hydrogens (primary N) is 1. The van der Waals surface area contributed by atoms with E-state index >= 15 is 0 Å². The Hall–Kier alpha value is -4.39. The van der Waals surface area contributed by atoms with Gasteiger partial charge in [0.25, 0.3) is 11.8 Å². The van der Waals surface area contributed by atoms with Crippen molar-refractivity contribution in [3.63, 3.8) is 0 Å². The maximum atomic E-state index is 12.4. The van der Waals surface area contributed by atoms with Crippen LogP contribution in [0.1, 0.15) is 21.6 Å². The molecule has 2 amide bonds. The smallest absolute Gasteiger partial charge is 0.269 e. The van der Waals surface area contributed by atoms with Gasteiger partial charge in [-0.25, -0.2) is 4.68 Å². The van der Waals surface area contributed by atoms with Crippen molar-refractivity contribution in [2.75, 3.05) is 11.9 Å². The van der Waals surface area contributed by atoms with E-state index in [1.54, 1.807) is 41.2 Å². The Labute approximate surface area is 185 Å². The molecule has 3 N–H and O–H groups in total. The molecule has 0 saturated heterocycles. The van der Waals surface area contributed by atoms with Crippen molar-refractivity contribution >= 4 is 17.5 Å². The lowest BCUT2D eigenvalue weighted by Crippen LogP contribution is -2.20. The van der Waals surface area contributed by atoms with E-state index in [2.05, 4.69) is 22.5 Å². The average Bonchev–Trinajstić information content (AvgIpc) is 3.31. The topological polar surface area (TPSA) is 99.2 Å². The van der Waals surface area contributed by atoms with Gasteiger partial charge in [0.05, 0.1) is 5.69 Å². The Kier molecular flexibility index (Phi) is 6.27. The van der Waals surface area contributed by atoms with Crippen molar-refractivity contribution in [2.24, 2.45) is 5.73 Å². The molecule has 0 bridgehead atoms. The van der Waals surface area contributed by atoms with E-state index in [1.807, 2.05) is 42.5 Å². The molecule has 0 aliphatic carbocycles. The molecule has 0 aliphatic heterocycles. The van der Waals surface area contributed by atoms with Crippen molar-refractivity contribution < 1.29 is 14.3 Å². The van der Waals surface area contributed by atoms with Crippen LogP contribution in [0.25, 0.3) is 5.69 Å². The molecule has 0 fully saturated rings. The van der Waals surface area contributed by atoms with Gasteiger partial charge < -0.3 is 15.8 Å². The lowest BCUT2D eigenvalue weighted by Gasteiger charge is -2.12. The summed E-state index contributed by atoms with van der Waals surface area (Å²) in [5.74, 6) is -0.161. The summed E-state index contributed by atoms with van der Waals surface area (Å²) in [6.45, 7) is -0.102. The molecule has 4 aromatic rings. The highest BCUT2D eigenvalue weighted by Crippen LogP contribution is 2.21. The van der Waals surface area contributed by atoms with Crippen LogP contribution >= 0.6 is 0 Å². The molecule has 160 valence electrons. The molecule has 7 heteroatoms. The molecule has 7 nitrogen and oxygen atoms in total. The second-order valence-corrected chi connectivity index (χ2v) is 7.16. The number of hydrogen-bond acceptors (Lipinski definition) is 4. The number of anilines is 1. The van der Waals surface area contributed by atoms with Crippen molar-refractivity contribution in [1.82, 2.24) is 9.78 Å². The summed E-state index contributed by atoms with van der Waals surface area (Å²) in [5, 5.41) is 6.92. The van der Waals surface area contributed by atoms with E-state index in [-0.39, 0.29) is 18.2 Å². The number of para-hydroxylation sites is 1. The van der Waals surface area contributed by atoms with E-state index in [4.69, 9.17) is 10.5 Å². The van der Waals surface area contributed by atoms with Gasteiger partial charge in [0.2, 0.25) is 0 Å². The van der Waals surface area contributed by atoms with Crippen LogP contribution in [0, 0.1) is 0 Å². The SMILES string of the molecule is NC(=O)c1ccn(-c2ccc(NC(=O)COc3ccccc3Cc3ccccc3)cc2)n1. The minimum absolute atomic E-state index is 0.102. The van der Waals surface area contributed by atoms with Gasteiger partial charge in [0.15, 0.2) is 6.61 Å². The van der Waals surface area contributed by atoms with Gasteiger partial charge >= 0.3 is 0 Å². The zero-order chi connectivity index (χ0) is 22.3. The molecule has 0 saturated carbocycles. The van der Waals surface area contributed by atoms with Crippen LogP contribution in [0.15, 0.2) is 91.1 Å². The quantitative estimate of drug-likeness (QED) is 0.450. The minimum atomic E-state index is -0.585. The Morgan fingerprint density at radius 2 is 1.62 bits per heavy atom. The molecule has 0 aliphatic rings. The fraction of sp³-hybridized carbons (Fsp3) is 0.0800. The summed E-state index contributed by atoms with van der Waals surface area (Å²) < 4.78 is 7.33. The third-order valence-electron chi connectivity index (χ3n) is 4.83. The van der Waals surface area contributed by atoms with Crippen LogP contribution in [-0.4, -0.2) is 28.2 Å². The molecule has 3 aromatic carbocycles. The molecule has 1 aromatic heterocycles. The maximum Gasteiger partial charge on any atom is 0.269 e. The number of hydrogen-bond donors (Lipinski definition) is 2. The second-order valence-electron chi connectivity index (χ2n) is 7.16. The molecule has 0 radical (unpaired) electrons. The minimum Gasteiger partial charge on any atom is -0.483 e. The molecule has 0 spiro atoms. The van der Waals surface area contributed by atoms with Crippen LogP contribution < -0.4 is 15.8 Å². The van der Waals surface area contributed by atoms with E-state index in [0.717, 1.165) is 17.7 Å². The highest BCUT2D eigenvalue weighted by atomic mass is 16.5. The predicted octanol–water partition coefficient (Wildman–Crippen LogP) is 3.58. The van der Waals surface area contributed by atoms with Crippen LogP contribution in [0.3, 0.4) is 0 Å². The zero-order valence-electron chi connectivity index (χ0n) is 17.3. The van der Waals surface area contributed by atoms with Crippen LogP contribution in [0.4, 0.5) is 5.69 Å². The molecule has 0 atom stereocenters. The van der Waals surface area contributed by atoms with Gasteiger partial charge in [-0.2, -0.15) is 5.10 Å². The van der Waals surface area contributed by atoms with Gasteiger partial charge in [-0.05, 0) is 47.5 Å². The van der Waals surface area contributed by atoms with E-state index in [1.165, 1.54) is 5.56 Å². The predicted molar refractivity (Wildman–Crippen MR) is 122 cm³/mol. The summed E-state index contributed by atoms with van der Waals surface area (Å²) in [6.07, 6.45) is 2.37. The molecular formula is C25H22N4O3. The Morgan fingerprint density at radius 1 is 0.906 bits per heavy atom. The van der Waals surface area contributed by atoms with Crippen molar-refractivity contribution in [1.29, 1.82) is 0 Å². The van der Waals surface area contributed by atoms with Crippen molar-refractivity contribution in [3.8, 4) is 11.4 Å². The van der Waals surface area contributed by atoms with Crippen LogP contribution in [-0.2, 0) is 11.2 Å². The van der Waals surface area contributed by atoms with Crippen LogP contribution in [0.2, 0.25) is 0 Å². The normalized spacial score (nSPS) is 10.5. The molecule has 1 heterocycles. The number of nitrogens with zero attached hydrogens (tertiary/aromatic N) is 2. The third-order valence-corrected chi connectivity index (χ3v) is 4.83. The first-order valence-corrected chi connectivity index (χ1v) is 10.1. The van der Waals surface area contributed by atoms with Crippen molar-refractivity contribution in [2.45, 2.75) is 6.42 Å². The number of aromatic nitrogens is 2. The third kappa shape index (κ3) is 5.20. The first kappa shape index (κ1) is 20.9. The summed E-state index contributed by atoms with van der Waals surface area (Å²) in [6, 6.07) is 26.4. The Bertz CT molecular complexity index is 1220. The number of rotatable bonds is 8. The summed E-state index contributed by atoms with van der Waals surface area (Å²) >= 11 is 0. The van der Waals surface area contributed by atoms with E-state index in [0.29, 0.717) is 11.4 Å². The standard InChI is InChI=1S/C25H22N4O3/c26-25(31)22-14-15-29(28-22)21-12-10-20(11-13-21)27-24(30)17-32-23-9-5-4-8-19(23)16-18-6-2-1-3-7-18/h1-15H,16-17H2,(H2,26,31)(H,27,30). The van der Waals surface area contributed by atoms with Gasteiger partial charge in [-0.15, -0.1) is 0 Å². The largest absolute Gasteiger partial charge is 0.483 e. The van der Waals surface area contributed by atoms with Gasteiger partial charge in [-0.3, -0.25) is 9.59 Å². The number of carbonyl (C=O) groups excluding carboxylic acids is 2. The first-order chi connectivity index (χ1) is 15.6. The molecule has 32 heavy (non-hydrogen) atoms. The number of carbonyl (C=O) groups is 2. The average molecular weight is 426 g/mol. The number of primary amides is 1. The second kappa shape index (κ2) is 9.61. The number of benzene rings is 3. The lowest BCUT2D eigenvalue weighted by atomic mass is 10.0. The Morgan fingerprint density at radius 3 is 2.34 bits per heavy atom. The van der Waals surface area contributed by atoms with E-state index < -0.39 is 5.91 Å². The number of amides is 2. The molecule has 4 rings (SSSR count). The number of ether oxygens (including phenoxy) is 1. The van der Waals surface area contributed by atoms with Crippen LogP contribution in [0.5, 0.6) is 5.75 Å². The summed E-state index contributed by atoms with van der Waals surface area (Å²) in [4.78, 5) is 23.6. The lowest BCUT2D eigenvalue weighted by molar-refractivity contribution is -0.118. The van der Waals surface area contributed by atoms with Crippen molar-refractivity contribution in [3.05, 3.63) is 108 Å². The Balaban J connectivity index is 1.35. The number of nitrogens with one attached hydrogen (secondary N) is 1. The maximum absolute atomic E-state index is 12.4. The zero-order valence-corrected chi connectivity index (χ0v) is 17.3. The summed E-state index contributed by atoms with van der Waals surface area (Å²) in [5.41, 5.74) is 8.97. The monoisotopic (exact) mass is 426 g/mol. The highest BCUT2D eigenvalue weighted by molar-refractivity contribution is 5.92.